The molecular formula is C15H15F3N2O3S. The first kappa shape index (κ1) is 18.2. The molecule has 1 N–H and O–H groups in total. The van der Waals surface area contributed by atoms with Crippen LogP contribution in [0.1, 0.15) is 22.3 Å². The molecule has 0 saturated carbocycles. The van der Waals surface area contributed by atoms with Gasteiger partial charge in [-0.1, -0.05) is 11.3 Å². The number of nitrogens with zero attached hydrogens (tertiary/aromatic N) is 2. The van der Waals surface area contributed by atoms with Gasteiger partial charge in [0.15, 0.2) is 10.6 Å². The third-order valence-electron chi connectivity index (χ3n) is 3.10. The van der Waals surface area contributed by atoms with Crippen LogP contribution in [-0.4, -0.2) is 28.4 Å². The number of ether oxygens (including phenoxy) is 1. The molecule has 0 atom stereocenters. The maximum Gasteiger partial charge on any atom is 0.573 e. The molecule has 0 saturated heterocycles. The van der Waals surface area contributed by atoms with Gasteiger partial charge in [-0.25, -0.2) is 4.99 Å². The number of hydrogen-bond donors (Lipinski definition) is 1. The van der Waals surface area contributed by atoms with Gasteiger partial charge in [0.1, 0.15) is 5.75 Å². The second-order valence-electron chi connectivity index (χ2n) is 4.88. The van der Waals surface area contributed by atoms with E-state index in [0.29, 0.717) is 21.1 Å². The van der Waals surface area contributed by atoms with E-state index in [9.17, 15) is 18.0 Å². The number of aliphatic hydroxyl groups excluding tert-OH is 1. The van der Waals surface area contributed by atoms with Gasteiger partial charge in [0.25, 0.3) is 0 Å². The molecule has 0 aliphatic carbocycles. The second-order valence-corrected chi connectivity index (χ2v) is 5.86. The van der Waals surface area contributed by atoms with Crippen molar-refractivity contribution >= 4 is 22.8 Å². The van der Waals surface area contributed by atoms with Crippen molar-refractivity contribution in [3.63, 3.8) is 0 Å². The molecule has 0 aliphatic heterocycles. The van der Waals surface area contributed by atoms with E-state index in [0.717, 1.165) is 12.1 Å². The quantitative estimate of drug-likeness (QED) is 0.833. The molecule has 0 amide bonds. The van der Waals surface area contributed by atoms with Crippen LogP contribution in [-0.2, 0) is 6.54 Å². The van der Waals surface area contributed by atoms with E-state index in [-0.39, 0.29) is 24.7 Å². The first-order valence-electron chi connectivity index (χ1n) is 6.94. The molecule has 1 heterocycles. The average Bonchev–Trinajstić information content (AvgIpc) is 2.77. The lowest BCUT2D eigenvalue weighted by Gasteiger charge is -2.08. The molecule has 2 rings (SSSR count). The van der Waals surface area contributed by atoms with Crippen molar-refractivity contribution in [1.82, 2.24) is 4.57 Å². The number of hydrogen-bond acceptors (Lipinski definition) is 5. The van der Waals surface area contributed by atoms with Crippen LogP contribution in [0.15, 0.2) is 29.3 Å². The minimum Gasteiger partial charge on any atom is -0.406 e. The van der Waals surface area contributed by atoms with E-state index in [2.05, 4.69) is 9.73 Å². The number of benzene rings is 1. The summed E-state index contributed by atoms with van der Waals surface area (Å²) in [5.74, 6) is -0.448. The molecule has 1 aromatic carbocycles. The third kappa shape index (κ3) is 4.45. The fourth-order valence-corrected chi connectivity index (χ4v) is 3.17. The smallest absolute Gasteiger partial charge is 0.406 e. The summed E-state index contributed by atoms with van der Waals surface area (Å²) in [5, 5.41) is 9.16. The highest BCUT2D eigenvalue weighted by atomic mass is 32.1. The molecule has 1 aromatic heterocycles. The molecule has 0 bridgehead atoms. The first-order valence-corrected chi connectivity index (χ1v) is 7.75. The van der Waals surface area contributed by atoms with E-state index in [1.165, 1.54) is 30.4 Å². The number of carbonyl (C=O) groups excluding carboxylic acids is 1. The van der Waals surface area contributed by atoms with Gasteiger partial charge in [0.05, 0.1) is 17.2 Å². The molecule has 9 heteroatoms. The van der Waals surface area contributed by atoms with E-state index in [1.807, 2.05) is 0 Å². The van der Waals surface area contributed by atoms with Crippen molar-refractivity contribution < 1.29 is 27.8 Å². The first-order chi connectivity index (χ1) is 11.2. The Kier molecular flexibility index (Phi) is 5.45. The lowest BCUT2D eigenvalue weighted by atomic mass is 10.3. The highest BCUT2D eigenvalue weighted by molar-refractivity contribution is 7.11. The second kappa shape index (κ2) is 7.18. The van der Waals surface area contributed by atoms with Crippen LogP contribution in [0.2, 0.25) is 0 Å². The fourth-order valence-electron chi connectivity index (χ4n) is 2.09. The zero-order valence-electron chi connectivity index (χ0n) is 12.9. The summed E-state index contributed by atoms with van der Waals surface area (Å²) in [6.45, 7) is 3.33. The lowest BCUT2D eigenvalue weighted by Crippen LogP contribution is -2.18. The van der Waals surface area contributed by atoms with Crippen LogP contribution in [0.25, 0.3) is 0 Å². The third-order valence-corrected chi connectivity index (χ3v) is 4.38. The van der Waals surface area contributed by atoms with Crippen LogP contribution in [0, 0.1) is 6.92 Å². The summed E-state index contributed by atoms with van der Waals surface area (Å²) in [4.78, 5) is 17.0. The zero-order chi connectivity index (χ0) is 17.9. The number of ketones is 1. The number of Topliss-reactive ketones (excluding diaryl/α,β-unsaturated/α-hetero) is 1. The van der Waals surface area contributed by atoms with Crippen LogP contribution in [0.3, 0.4) is 0 Å². The topological polar surface area (TPSA) is 63.8 Å². The number of thiazole rings is 1. The van der Waals surface area contributed by atoms with E-state index >= 15 is 0 Å². The number of aromatic nitrogens is 1. The highest BCUT2D eigenvalue weighted by Gasteiger charge is 2.30. The van der Waals surface area contributed by atoms with Gasteiger partial charge >= 0.3 is 6.36 Å². The van der Waals surface area contributed by atoms with Crippen molar-refractivity contribution in [2.75, 3.05) is 6.61 Å². The minimum atomic E-state index is -4.75. The van der Waals surface area contributed by atoms with E-state index < -0.39 is 6.36 Å². The van der Waals surface area contributed by atoms with E-state index in [1.54, 1.807) is 11.5 Å². The van der Waals surface area contributed by atoms with Gasteiger partial charge in [-0.2, -0.15) is 0 Å². The lowest BCUT2D eigenvalue weighted by molar-refractivity contribution is -0.274. The number of alkyl halides is 3. The Labute approximate surface area is 139 Å². The maximum atomic E-state index is 12.1. The molecular weight excluding hydrogens is 345 g/mol. The monoisotopic (exact) mass is 360 g/mol. The van der Waals surface area contributed by atoms with E-state index in [4.69, 9.17) is 5.11 Å². The van der Waals surface area contributed by atoms with Crippen LogP contribution in [0.4, 0.5) is 18.9 Å². The number of rotatable bonds is 5. The van der Waals surface area contributed by atoms with Crippen LogP contribution < -0.4 is 9.54 Å². The minimum absolute atomic E-state index is 0.112. The standard InChI is InChI=1S/C15H15F3N2O3S/c1-9-13(10(2)22)24-14(20(9)7-8-21)19-11-3-5-12(6-4-11)23-15(16,17)18/h3-6,21H,7-8H2,1-2H3/b19-14+. The molecule has 0 aliphatic rings. The summed E-state index contributed by atoms with van der Waals surface area (Å²) in [5.41, 5.74) is 1.10. The predicted octanol–water partition coefficient (Wildman–Crippen LogP) is 3.18. The molecule has 130 valence electrons. The molecule has 0 radical (unpaired) electrons. The SMILES string of the molecule is CC(=O)c1s/c(=N/c2ccc(OC(F)(F)F)cc2)n(CCO)c1C. The molecule has 0 unspecified atom stereocenters. The van der Waals surface area contributed by atoms with Crippen molar-refractivity contribution in [3.8, 4) is 5.75 Å². The Morgan fingerprint density at radius 1 is 1.33 bits per heavy atom. The Morgan fingerprint density at radius 2 is 1.96 bits per heavy atom. The zero-order valence-corrected chi connectivity index (χ0v) is 13.7. The fraction of sp³-hybridized carbons (Fsp3) is 0.333. The number of carbonyl (C=O) groups is 1. The molecule has 5 nitrogen and oxygen atoms in total. The van der Waals surface area contributed by atoms with Gasteiger partial charge in [-0.15, -0.1) is 13.2 Å². The maximum absolute atomic E-state index is 12.1. The van der Waals surface area contributed by atoms with Crippen molar-refractivity contribution in [3.05, 3.63) is 39.6 Å². The Morgan fingerprint density at radius 3 is 2.46 bits per heavy atom. The van der Waals surface area contributed by atoms with Gasteiger partial charge in [0.2, 0.25) is 0 Å². The van der Waals surface area contributed by atoms with Crippen LogP contribution in [0.5, 0.6) is 5.75 Å². The van der Waals surface area contributed by atoms with Gasteiger partial charge in [-0.05, 0) is 31.2 Å². The van der Waals surface area contributed by atoms with Gasteiger partial charge < -0.3 is 14.4 Å². The van der Waals surface area contributed by atoms with Gasteiger partial charge in [0, 0.05) is 19.2 Å². The summed E-state index contributed by atoms with van der Waals surface area (Å²) in [7, 11) is 0. The summed E-state index contributed by atoms with van der Waals surface area (Å²) >= 11 is 1.17. The normalized spacial score (nSPS) is 12.5. The Hall–Kier alpha value is -2.13. The number of aliphatic hydroxyl groups is 1. The largest absolute Gasteiger partial charge is 0.573 e. The highest BCUT2D eigenvalue weighted by Crippen LogP contribution is 2.25. The summed E-state index contributed by atoms with van der Waals surface area (Å²) in [6.07, 6.45) is -4.75. The average molecular weight is 360 g/mol. The Bertz CT molecular complexity index is 792. The summed E-state index contributed by atoms with van der Waals surface area (Å²) in [6, 6.07) is 5.09. The molecule has 0 spiro atoms. The summed E-state index contributed by atoms with van der Waals surface area (Å²) < 4.78 is 41.9. The molecule has 0 fully saturated rings. The van der Waals surface area contributed by atoms with Crippen molar-refractivity contribution in [1.29, 1.82) is 0 Å². The van der Waals surface area contributed by atoms with Gasteiger partial charge in [-0.3, -0.25) is 4.79 Å². The van der Waals surface area contributed by atoms with Crippen molar-refractivity contribution in [2.24, 2.45) is 4.99 Å². The van der Waals surface area contributed by atoms with Crippen molar-refractivity contribution in [2.45, 2.75) is 26.8 Å². The molecule has 24 heavy (non-hydrogen) atoms. The predicted molar refractivity (Wildman–Crippen MR) is 82.5 cm³/mol. The molecule has 2 aromatic rings. The Balaban J connectivity index is 2.40. The van der Waals surface area contributed by atoms with Crippen LogP contribution >= 0.6 is 11.3 Å². The number of halogens is 3.